The Labute approximate surface area is 96.6 Å². The molecule has 16 heavy (non-hydrogen) atoms. The van der Waals surface area contributed by atoms with E-state index in [1.54, 1.807) is 6.08 Å². The van der Waals surface area contributed by atoms with Gasteiger partial charge in [0.2, 0.25) is 0 Å². The standard InChI is InChI=1S/C13H16N2O/c1-10(4-6-11(8-14)9-15)5-7-12-13(2,3)16-12/h4,6,12H,5,7H2,1-3H3/b10-4+. The summed E-state index contributed by atoms with van der Waals surface area (Å²) in [7, 11) is 0. The average molecular weight is 216 g/mol. The molecule has 84 valence electrons. The fourth-order valence-corrected chi connectivity index (χ4v) is 1.51. The van der Waals surface area contributed by atoms with Gasteiger partial charge in [0, 0.05) is 0 Å². The lowest BCUT2D eigenvalue weighted by Gasteiger charge is -1.98. The van der Waals surface area contributed by atoms with Crippen LogP contribution >= 0.6 is 0 Å². The highest BCUT2D eigenvalue weighted by Crippen LogP contribution is 2.38. The van der Waals surface area contributed by atoms with Gasteiger partial charge in [-0.3, -0.25) is 0 Å². The Kier molecular flexibility index (Phi) is 3.88. The summed E-state index contributed by atoms with van der Waals surface area (Å²) < 4.78 is 5.48. The van der Waals surface area contributed by atoms with E-state index in [2.05, 4.69) is 13.8 Å². The fraction of sp³-hybridized carbons (Fsp3) is 0.538. The Balaban J connectivity index is 2.39. The number of epoxide rings is 1. The monoisotopic (exact) mass is 216 g/mol. The van der Waals surface area contributed by atoms with Gasteiger partial charge < -0.3 is 4.74 Å². The molecule has 1 aliphatic rings. The number of nitrogens with zero attached hydrogens (tertiary/aromatic N) is 2. The molecule has 3 heteroatoms. The molecule has 0 N–H and O–H groups in total. The van der Waals surface area contributed by atoms with Crippen LogP contribution in [-0.4, -0.2) is 11.7 Å². The number of hydrogen-bond donors (Lipinski definition) is 0. The van der Waals surface area contributed by atoms with Crippen LogP contribution in [0.3, 0.4) is 0 Å². The molecule has 0 aromatic heterocycles. The Hall–Kier alpha value is -1.58. The number of hydrogen-bond acceptors (Lipinski definition) is 3. The molecule has 1 saturated heterocycles. The van der Waals surface area contributed by atoms with Crippen LogP contribution in [0.2, 0.25) is 0 Å². The molecule has 0 aliphatic carbocycles. The summed E-state index contributed by atoms with van der Waals surface area (Å²) in [5, 5.41) is 17.1. The van der Waals surface area contributed by atoms with E-state index in [0.29, 0.717) is 6.10 Å². The SMILES string of the molecule is C/C(=C\C=C(C#N)C#N)CCC1OC1(C)C. The van der Waals surface area contributed by atoms with Gasteiger partial charge >= 0.3 is 0 Å². The number of ether oxygens (including phenoxy) is 1. The van der Waals surface area contributed by atoms with Gasteiger partial charge in [-0.15, -0.1) is 0 Å². The van der Waals surface area contributed by atoms with E-state index >= 15 is 0 Å². The molecule has 0 radical (unpaired) electrons. The highest BCUT2D eigenvalue weighted by atomic mass is 16.6. The van der Waals surface area contributed by atoms with Gasteiger partial charge in [0.15, 0.2) is 0 Å². The third-order valence-corrected chi connectivity index (χ3v) is 2.74. The minimum absolute atomic E-state index is 0.0422. The minimum atomic E-state index is 0.0422. The van der Waals surface area contributed by atoms with Crippen molar-refractivity contribution in [2.45, 2.75) is 45.3 Å². The summed E-state index contributed by atoms with van der Waals surface area (Å²) >= 11 is 0. The van der Waals surface area contributed by atoms with E-state index in [4.69, 9.17) is 15.3 Å². The van der Waals surface area contributed by atoms with Crippen molar-refractivity contribution < 1.29 is 4.74 Å². The Morgan fingerprint density at radius 3 is 2.31 bits per heavy atom. The van der Waals surface area contributed by atoms with Crippen LogP contribution in [0.4, 0.5) is 0 Å². The van der Waals surface area contributed by atoms with Crippen LogP contribution in [0.15, 0.2) is 23.3 Å². The molecule has 0 bridgehead atoms. The van der Waals surface area contributed by atoms with Crippen molar-refractivity contribution in [3.8, 4) is 12.1 Å². The van der Waals surface area contributed by atoms with Crippen molar-refractivity contribution in [2.24, 2.45) is 0 Å². The van der Waals surface area contributed by atoms with Crippen LogP contribution in [0.5, 0.6) is 0 Å². The van der Waals surface area contributed by atoms with E-state index in [1.165, 1.54) is 0 Å². The van der Waals surface area contributed by atoms with Crippen molar-refractivity contribution in [3.05, 3.63) is 23.3 Å². The molecule has 0 aromatic rings. The predicted octanol–water partition coefficient (Wildman–Crippen LogP) is 2.86. The van der Waals surface area contributed by atoms with Crippen LogP contribution in [-0.2, 0) is 4.74 Å². The van der Waals surface area contributed by atoms with E-state index in [0.717, 1.165) is 18.4 Å². The highest BCUT2D eigenvalue weighted by Gasteiger charge is 2.46. The topological polar surface area (TPSA) is 60.1 Å². The fourth-order valence-electron chi connectivity index (χ4n) is 1.51. The molecule has 0 amide bonds. The van der Waals surface area contributed by atoms with Gasteiger partial charge in [-0.05, 0) is 39.7 Å². The number of nitriles is 2. The predicted molar refractivity (Wildman–Crippen MR) is 61.3 cm³/mol. The Morgan fingerprint density at radius 1 is 1.31 bits per heavy atom. The summed E-state index contributed by atoms with van der Waals surface area (Å²) in [5.74, 6) is 0. The van der Waals surface area contributed by atoms with Crippen molar-refractivity contribution in [2.75, 3.05) is 0 Å². The molecule has 1 rings (SSSR count). The summed E-state index contributed by atoms with van der Waals surface area (Å²) in [6, 6.07) is 3.66. The van der Waals surface area contributed by atoms with Crippen LogP contribution in [0.25, 0.3) is 0 Å². The van der Waals surface area contributed by atoms with Gasteiger partial charge in [0.25, 0.3) is 0 Å². The molecule has 1 fully saturated rings. The quantitative estimate of drug-likeness (QED) is 0.412. The second-order valence-corrected chi connectivity index (χ2v) is 4.57. The van der Waals surface area contributed by atoms with Gasteiger partial charge in [0.05, 0.1) is 11.7 Å². The molecular weight excluding hydrogens is 200 g/mol. The maximum atomic E-state index is 8.55. The lowest BCUT2D eigenvalue weighted by molar-refractivity contribution is 0.320. The van der Waals surface area contributed by atoms with Gasteiger partial charge in [-0.25, -0.2) is 0 Å². The van der Waals surface area contributed by atoms with E-state index in [9.17, 15) is 0 Å². The highest BCUT2D eigenvalue weighted by molar-refractivity contribution is 5.38. The summed E-state index contributed by atoms with van der Waals surface area (Å²) in [5.41, 5.74) is 1.34. The molecule has 1 unspecified atom stereocenters. The molecule has 0 spiro atoms. The van der Waals surface area contributed by atoms with Gasteiger partial charge in [-0.1, -0.05) is 11.6 Å². The smallest absolute Gasteiger partial charge is 0.129 e. The summed E-state index contributed by atoms with van der Waals surface area (Å²) in [6.07, 6.45) is 5.68. The molecule has 1 heterocycles. The number of allylic oxidation sites excluding steroid dienone is 4. The molecular formula is C13H16N2O. The molecule has 1 aliphatic heterocycles. The third-order valence-electron chi connectivity index (χ3n) is 2.74. The first kappa shape index (κ1) is 12.5. The van der Waals surface area contributed by atoms with Crippen molar-refractivity contribution in [3.63, 3.8) is 0 Å². The van der Waals surface area contributed by atoms with Crippen LogP contribution < -0.4 is 0 Å². The first-order valence-corrected chi connectivity index (χ1v) is 5.35. The molecule has 1 atom stereocenters. The lowest BCUT2D eigenvalue weighted by Crippen LogP contribution is -2.02. The Morgan fingerprint density at radius 2 is 1.88 bits per heavy atom. The van der Waals surface area contributed by atoms with Crippen LogP contribution in [0.1, 0.15) is 33.6 Å². The largest absolute Gasteiger partial charge is 0.367 e. The van der Waals surface area contributed by atoms with E-state index in [-0.39, 0.29) is 11.2 Å². The molecule has 0 saturated carbocycles. The molecule has 3 nitrogen and oxygen atoms in total. The van der Waals surface area contributed by atoms with Gasteiger partial charge in [-0.2, -0.15) is 10.5 Å². The second kappa shape index (κ2) is 4.96. The zero-order chi connectivity index (χ0) is 12.2. The first-order valence-electron chi connectivity index (χ1n) is 5.35. The zero-order valence-corrected chi connectivity index (χ0v) is 9.95. The minimum Gasteiger partial charge on any atom is -0.367 e. The van der Waals surface area contributed by atoms with Gasteiger partial charge in [0.1, 0.15) is 17.7 Å². The normalized spacial score (nSPS) is 21.8. The van der Waals surface area contributed by atoms with Crippen molar-refractivity contribution in [1.29, 1.82) is 10.5 Å². The summed E-state index contributed by atoms with van der Waals surface area (Å²) in [6.45, 7) is 6.17. The van der Waals surface area contributed by atoms with E-state index in [1.807, 2.05) is 25.1 Å². The zero-order valence-electron chi connectivity index (χ0n) is 9.95. The van der Waals surface area contributed by atoms with E-state index < -0.39 is 0 Å². The maximum Gasteiger partial charge on any atom is 0.129 e. The second-order valence-electron chi connectivity index (χ2n) is 4.57. The molecule has 0 aromatic carbocycles. The Bertz CT molecular complexity index is 389. The average Bonchev–Trinajstić information content (AvgIpc) is 2.85. The maximum absolute atomic E-state index is 8.55. The lowest BCUT2D eigenvalue weighted by atomic mass is 10.0. The van der Waals surface area contributed by atoms with Crippen molar-refractivity contribution >= 4 is 0 Å². The number of rotatable bonds is 4. The van der Waals surface area contributed by atoms with Crippen molar-refractivity contribution in [1.82, 2.24) is 0 Å². The van der Waals surface area contributed by atoms with Crippen LogP contribution in [0, 0.1) is 22.7 Å². The summed E-state index contributed by atoms with van der Waals surface area (Å²) in [4.78, 5) is 0. The first-order chi connectivity index (χ1) is 7.49. The third kappa shape index (κ3) is 3.53.